The van der Waals surface area contributed by atoms with E-state index in [0.717, 1.165) is 0 Å². The molecule has 6 heteroatoms. The van der Waals surface area contributed by atoms with E-state index in [4.69, 9.17) is 4.42 Å². The van der Waals surface area contributed by atoms with E-state index in [1.165, 1.54) is 6.92 Å². The third-order valence-electron chi connectivity index (χ3n) is 1.90. The number of rotatable bonds is 1. The number of aryl methyl sites for hydroxylation is 1. The zero-order valence-corrected chi connectivity index (χ0v) is 15.9. The van der Waals surface area contributed by atoms with E-state index >= 15 is 0 Å². The summed E-state index contributed by atoms with van der Waals surface area (Å²) in [6, 6.07) is 15.8. The van der Waals surface area contributed by atoms with Crippen LogP contribution in [0.2, 0.25) is 0 Å². The number of nitrogens with zero attached hydrogens (tertiary/aromatic N) is 2. The van der Waals surface area contributed by atoms with E-state index in [9.17, 15) is 4.79 Å². The van der Waals surface area contributed by atoms with Crippen molar-refractivity contribution in [2.75, 3.05) is 5.32 Å². The van der Waals surface area contributed by atoms with Gasteiger partial charge >= 0.3 is 6.01 Å². The minimum Gasteiger partial charge on any atom is -0.473 e. The fourth-order valence-electron chi connectivity index (χ4n) is 1.11. The average molecular weight is 347 g/mol. The van der Waals surface area contributed by atoms with Crippen LogP contribution in [-0.4, -0.2) is 16.1 Å². The van der Waals surface area contributed by atoms with Crippen molar-refractivity contribution >= 4 is 11.9 Å². The monoisotopic (exact) mass is 347 g/mol. The van der Waals surface area contributed by atoms with Gasteiger partial charge in [-0.2, -0.15) is 0 Å². The number of anilines is 1. The molecule has 0 fully saturated rings. The van der Waals surface area contributed by atoms with Crippen LogP contribution in [0, 0.1) is 6.92 Å². The number of aromatic nitrogens is 2. The second-order valence-electron chi connectivity index (χ2n) is 3.76. The van der Waals surface area contributed by atoms with E-state index in [-0.39, 0.29) is 11.9 Å². The summed E-state index contributed by atoms with van der Waals surface area (Å²) in [6.45, 7) is 11.0. The Morgan fingerprint density at radius 3 is 1.52 bits per heavy atom. The van der Waals surface area contributed by atoms with E-state index in [1.807, 2.05) is 76.2 Å². The highest BCUT2D eigenvalue weighted by molar-refractivity contribution is 5.86. The van der Waals surface area contributed by atoms with Crippen molar-refractivity contribution in [1.29, 1.82) is 0 Å². The van der Waals surface area contributed by atoms with Gasteiger partial charge in [-0.05, 0) is 12.1 Å². The number of hydrogen-bond donors (Lipinski definition) is 1. The fraction of sp³-hybridized carbons (Fsp3) is 0.316. The Kier molecular flexibility index (Phi) is 18.7. The molecule has 3 aromatic rings. The van der Waals surface area contributed by atoms with E-state index in [2.05, 4.69) is 19.9 Å². The number of carbonyl (C=O) groups is 1. The predicted molar refractivity (Wildman–Crippen MR) is 101 cm³/mol. The van der Waals surface area contributed by atoms with Crippen LogP contribution in [0.15, 0.2) is 69.9 Å². The molecule has 2 heterocycles. The molecule has 0 aliphatic heterocycles. The number of nitrogens with one attached hydrogen (secondary N) is 1. The van der Waals surface area contributed by atoms with Gasteiger partial charge in [-0.25, -0.2) is 0 Å². The smallest absolute Gasteiger partial charge is 0.322 e. The van der Waals surface area contributed by atoms with Crippen LogP contribution in [0.25, 0.3) is 0 Å². The molecule has 6 nitrogen and oxygen atoms in total. The van der Waals surface area contributed by atoms with Crippen molar-refractivity contribution in [2.24, 2.45) is 0 Å². The van der Waals surface area contributed by atoms with Gasteiger partial charge in [0.2, 0.25) is 11.8 Å². The molecule has 25 heavy (non-hydrogen) atoms. The summed E-state index contributed by atoms with van der Waals surface area (Å²) in [5.41, 5.74) is 0. The Bertz CT molecular complexity index is 550. The Balaban J connectivity index is 0. The molecule has 1 N–H and O–H groups in total. The SMILES string of the molecule is CC.CC.CC(=O)Nc1nnc(C)o1.c1ccccc1.c1ccoc1. The highest BCUT2D eigenvalue weighted by Gasteiger charge is 2.01. The molecule has 0 spiro atoms. The molecule has 0 bridgehead atoms. The molecule has 1 aromatic carbocycles. The normalized spacial score (nSPS) is 7.76. The third-order valence-corrected chi connectivity index (χ3v) is 1.90. The van der Waals surface area contributed by atoms with E-state index < -0.39 is 0 Å². The summed E-state index contributed by atoms with van der Waals surface area (Å²) < 4.78 is 9.42. The van der Waals surface area contributed by atoms with Gasteiger partial charge in [-0.15, -0.1) is 5.10 Å². The first-order valence-corrected chi connectivity index (χ1v) is 8.23. The first kappa shape index (κ1) is 24.4. The average Bonchev–Trinajstić information content (AvgIpc) is 3.35. The van der Waals surface area contributed by atoms with Gasteiger partial charge in [0.25, 0.3) is 0 Å². The fourth-order valence-corrected chi connectivity index (χ4v) is 1.11. The molecule has 2 aromatic heterocycles. The van der Waals surface area contributed by atoms with Crippen LogP contribution in [0.3, 0.4) is 0 Å². The molecular weight excluding hydrogens is 318 g/mol. The molecule has 3 rings (SSSR count). The van der Waals surface area contributed by atoms with Crippen LogP contribution in [0.5, 0.6) is 0 Å². The minimum atomic E-state index is -0.219. The standard InChI is InChI=1S/C6H6.C5H7N3O2.C4H4O.2C2H6/c1-2-4-6-5-3-1;1-3(9)6-5-8-7-4(2)10-5;1-2-4-5-3-1;2*1-2/h1-6H;1-2H3,(H,6,8,9);1-4H;2*1-2H3. The van der Waals surface area contributed by atoms with E-state index in [0.29, 0.717) is 5.89 Å². The van der Waals surface area contributed by atoms with Gasteiger partial charge in [-0.3, -0.25) is 10.1 Å². The number of amides is 1. The van der Waals surface area contributed by atoms with Gasteiger partial charge in [-0.1, -0.05) is 69.2 Å². The summed E-state index contributed by atoms with van der Waals surface area (Å²) in [5, 5.41) is 9.39. The maximum Gasteiger partial charge on any atom is 0.322 e. The zero-order valence-electron chi connectivity index (χ0n) is 15.9. The van der Waals surface area contributed by atoms with Crippen molar-refractivity contribution in [1.82, 2.24) is 10.2 Å². The van der Waals surface area contributed by atoms with Gasteiger partial charge < -0.3 is 8.83 Å². The van der Waals surface area contributed by atoms with E-state index in [1.54, 1.807) is 19.5 Å². The topological polar surface area (TPSA) is 81.2 Å². The molecule has 0 aliphatic rings. The van der Waals surface area contributed by atoms with Crippen molar-refractivity contribution < 1.29 is 13.6 Å². The van der Waals surface area contributed by atoms with Crippen molar-refractivity contribution in [2.45, 2.75) is 41.5 Å². The van der Waals surface area contributed by atoms with Gasteiger partial charge in [0.15, 0.2) is 0 Å². The summed E-state index contributed by atoms with van der Waals surface area (Å²) >= 11 is 0. The number of carbonyl (C=O) groups excluding carboxylic acids is 1. The number of benzene rings is 1. The summed E-state index contributed by atoms with van der Waals surface area (Å²) in [4.78, 5) is 10.4. The Morgan fingerprint density at radius 2 is 1.28 bits per heavy atom. The van der Waals surface area contributed by atoms with Gasteiger partial charge in [0.05, 0.1) is 12.5 Å². The molecule has 1 amide bonds. The highest BCUT2D eigenvalue weighted by Crippen LogP contribution is 2.02. The molecule has 0 unspecified atom stereocenters. The lowest BCUT2D eigenvalue weighted by Gasteiger charge is -1.89. The van der Waals surface area contributed by atoms with Crippen LogP contribution in [0.4, 0.5) is 6.01 Å². The summed E-state index contributed by atoms with van der Waals surface area (Å²) in [5.74, 6) is 0.215. The minimum absolute atomic E-state index is 0.144. The summed E-state index contributed by atoms with van der Waals surface area (Å²) in [7, 11) is 0. The van der Waals surface area contributed by atoms with Crippen LogP contribution < -0.4 is 5.32 Å². The van der Waals surface area contributed by atoms with Crippen LogP contribution in [-0.2, 0) is 4.79 Å². The van der Waals surface area contributed by atoms with Crippen molar-refractivity contribution in [3.8, 4) is 0 Å². The third kappa shape index (κ3) is 17.3. The number of hydrogen-bond acceptors (Lipinski definition) is 5. The lowest BCUT2D eigenvalue weighted by molar-refractivity contribution is -0.114. The molecule has 0 saturated carbocycles. The maximum absolute atomic E-state index is 10.4. The number of furan rings is 1. The molecule has 0 atom stereocenters. The van der Waals surface area contributed by atoms with Crippen LogP contribution in [0.1, 0.15) is 40.5 Å². The maximum atomic E-state index is 10.4. The van der Waals surface area contributed by atoms with Gasteiger partial charge in [0.1, 0.15) is 0 Å². The van der Waals surface area contributed by atoms with Gasteiger partial charge in [0, 0.05) is 13.8 Å². The van der Waals surface area contributed by atoms with Crippen molar-refractivity contribution in [3.63, 3.8) is 0 Å². The lowest BCUT2D eigenvalue weighted by atomic mass is 10.4. The first-order valence-electron chi connectivity index (χ1n) is 8.23. The quantitative estimate of drug-likeness (QED) is 0.641. The molecule has 0 aliphatic carbocycles. The highest BCUT2D eigenvalue weighted by atomic mass is 16.4. The van der Waals surface area contributed by atoms with Crippen LogP contribution >= 0.6 is 0 Å². The molecule has 138 valence electrons. The Morgan fingerprint density at radius 1 is 0.840 bits per heavy atom. The largest absolute Gasteiger partial charge is 0.473 e. The second-order valence-corrected chi connectivity index (χ2v) is 3.76. The zero-order chi connectivity index (χ0) is 19.3. The second kappa shape index (κ2) is 19.2. The molecule has 0 radical (unpaired) electrons. The first-order chi connectivity index (χ1) is 12.2. The summed E-state index contributed by atoms with van der Waals surface area (Å²) in [6.07, 6.45) is 3.25. The Hall–Kier alpha value is -2.89. The lowest BCUT2D eigenvalue weighted by Crippen LogP contribution is -2.05. The molecule has 0 saturated heterocycles. The molecular formula is C19H29N3O3. The van der Waals surface area contributed by atoms with Crippen molar-refractivity contribution in [3.05, 3.63) is 66.9 Å². The Labute approximate surface area is 150 Å². The predicted octanol–water partition coefficient (Wildman–Crippen LogP) is 5.36.